The molecule has 0 bridgehead atoms. The molecule has 0 radical (unpaired) electrons. The predicted molar refractivity (Wildman–Crippen MR) is 90.1 cm³/mol. The number of nitrogens with zero attached hydrogens (tertiary/aromatic N) is 6. The van der Waals surface area contributed by atoms with E-state index in [1.807, 2.05) is 11.9 Å². The first-order valence-corrected chi connectivity index (χ1v) is 8.35. The van der Waals surface area contributed by atoms with E-state index in [0.29, 0.717) is 19.0 Å². The summed E-state index contributed by atoms with van der Waals surface area (Å²) in [5.74, 6) is 0.176. The van der Waals surface area contributed by atoms with Crippen molar-refractivity contribution in [1.29, 1.82) is 0 Å². The molecular formula is C17H24N6O. The Morgan fingerprint density at radius 1 is 1.33 bits per heavy atom. The average molecular weight is 328 g/mol. The predicted octanol–water partition coefficient (Wildman–Crippen LogP) is 0.968. The zero-order valence-corrected chi connectivity index (χ0v) is 14.3. The molecule has 128 valence electrons. The molecule has 0 spiro atoms. The Bertz CT molecular complexity index is 671. The molecule has 0 saturated carbocycles. The smallest absolute Gasteiger partial charge is 0.222 e. The molecule has 1 aliphatic heterocycles. The number of likely N-dealkylation sites (N-methyl/N-ethyl adjacent to an activating group) is 2. The molecule has 0 aliphatic carbocycles. The van der Waals surface area contributed by atoms with Crippen LogP contribution >= 0.6 is 0 Å². The standard InChI is InChI=1S/C17H24N6O/c1-21-11-15-7-4-3-6-14(15)10-16(21)12-22(2)17(24)8-5-9-23-13-18-19-20-23/h3-4,6-7,13,16H,5,8-12H2,1-2H3/t16-/m0/s1. The molecule has 1 aliphatic rings. The van der Waals surface area contributed by atoms with E-state index in [9.17, 15) is 4.79 Å². The number of aryl methyl sites for hydroxylation is 1. The molecule has 1 atom stereocenters. The Hall–Kier alpha value is -2.28. The summed E-state index contributed by atoms with van der Waals surface area (Å²) in [6.45, 7) is 2.38. The third-order valence-electron chi connectivity index (χ3n) is 4.70. The zero-order valence-electron chi connectivity index (χ0n) is 14.3. The number of carbonyl (C=O) groups is 1. The molecule has 0 fully saturated rings. The van der Waals surface area contributed by atoms with Crippen molar-refractivity contribution < 1.29 is 4.79 Å². The first-order valence-electron chi connectivity index (χ1n) is 8.35. The minimum absolute atomic E-state index is 0.176. The average Bonchev–Trinajstić information content (AvgIpc) is 3.08. The van der Waals surface area contributed by atoms with Crippen molar-refractivity contribution in [2.24, 2.45) is 0 Å². The monoisotopic (exact) mass is 328 g/mol. The van der Waals surface area contributed by atoms with Crippen LogP contribution in [0, 0.1) is 0 Å². The van der Waals surface area contributed by atoms with E-state index < -0.39 is 0 Å². The molecule has 0 saturated heterocycles. The summed E-state index contributed by atoms with van der Waals surface area (Å²) in [5.41, 5.74) is 2.80. The second-order valence-corrected chi connectivity index (χ2v) is 6.49. The number of carbonyl (C=O) groups excluding carboxylic acids is 1. The van der Waals surface area contributed by atoms with Crippen LogP contribution in [0.4, 0.5) is 0 Å². The quantitative estimate of drug-likeness (QED) is 0.790. The van der Waals surface area contributed by atoms with E-state index in [2.05, 4.69) is 51.7 Å². The largest absolute Gasteiger partial charge is 0.344 e. The van der Waals surface area contributed by atoms with Gasteiger partial charge in [-0.15, -0.1) is 5.10 Å². The highest BCUT2D eigenvalue weighted by molar-refractivity contribution is 5.75. The second-order valence-electron chi connectivity index (χ2n) is 6.49. The first kappa shape index (κ1) is 16.6. The molecule has 24 heavy (non-hydrogen) atoms. The minimum Gasteiger partial charge on any atom is -0.344 e. The molecule has 1 aromatic carbocycles. The van der Waals surface area contributed by atoms with Gasteiger partial charge in [-0.25, -0.2) is 4.68 Å². The van der Waals surface area contributed by atoms with Gasteiger partial charge < -0.3 is 4.90 Å². The van der Waals surface area contributed by atoms with Gasteiger partial charge in [0.1, 0.15) is 6.33 Å². The Labute approximate surface area is 142 Å². The maximum Gasteiger partial charge on any atom is 0.222 e. The first-order chi connectivity index (χ1) is 11.6. The summed E-state index contributed by atoms with van der Waals surface area (Å²) in [5, 5.41) is 11.0. The van der Waals surface area contributed by atoms with Crippen LogP contribution in [0.2, 0.25) is 0 Å². The fraction of sp³-hybridized carbons (Fsp3) is 0.529. The third kappa shape index (κ3) is 3.97. The molecule has 0 unspecified atom stereocenters. The fourth-order valence-corrected chi connectivity index (χ4v) is 3.21. The maximum absolute atomic E-state index is 12.3. The molecule has 1 amide bonds. The summed E-state index contributed by atoms with van der Waals surface area (Å²) in [6.07, 6.45) is 3.83. The van der Waals surface area contributed by atoms with Crippen molar-refractivity contribution in [3.63, 3.8) is 0 Å². The van der Waals surface area contributed by atoms with Crippen molar-refractivity contribution >= 4 is 5.91 Å². The van der Waals surface area contributed by atoms with E-state index in [1.165, 1.54) is 11.1 Å². The lowest BCUT2D eigenvalue weighted by molar-refractivity contribution is -0.130. The molecule has 1 aromatic heterocycles. The topological polar surface area (TPSA) is 67.2 Å². The minimum atomic E-state index is 0.176. The van der Waals surface area contributed by atoms with Crippen LogP contribution in [0.3, 0.4) is 0 Å². The van der Waals surface area contributed by atoms with Crippen LogP contribution < -0.4 is 0 Å². The molecule has 7 nitrogen and oxygen atoms in total. The van der Waals surface area contributed by atoms with Gasteiger partial charge in [-0.05, 0) is 41.4 Å². The second kappa shape index (κ2) is 7.53. The van der Waals surface area contributed by atoms with E-state index in [0.717, 1.165) is 25.9 Å². The van der Waals surface area contributed by atoms with E-state index in [4.69, 9.17) is 0 Å². The van der Waals surface area contributed by atoms with Crippen LogP contribution in [0.5, 0.6) is 0 Å². The lowest BCUT2D eigenvalue weighted by atomic mass is 9.94. The Morgan fingerprint density at radius 3 is 2.88 bits per heavy atom. The highest BCUT2D eigenvalue weighted by Crippen LogP contribution is 2.22. The SMILES string of the molecule is CN(C[C@@H]1Cc2ccccc2CN1C)C(=O)CCCn1cnnn1. The molecule has 0 N–H and O–H groups in total. The Kier molecular flexibility index (Phi) is 5.20. The van der Waals surface area contributed by atoms with Crippen molar-refractivity contribution in [2.75, 3.05) is 20.6 Å². The molecular weight excluding hydrogens is 304 g/mol. The number of benzene rings is 1. The summed E-state index contributed by atoms with van der Waals surface area (Å²) in [6, 6.07) is 8.94. The number of hydrogen-bond donors (Lipinski definition) is 0. The number of fused-ring (bicyclic) bond motifs is 1. The van der Waals surface area contributed by atoms with Crippen LogP contribution in [0.15, 0.2) is 30.6 Å². The number of rotatable bonds is 6. The molecule has 7 heteroatoms. The van der Waals surface area contributed by atoms with Gasteiger partial charge in [0.15, 0.2) is 0 Å². The highest BCUT2D eigenvalue weighted by Gasteiger charge is 2.25. The van der Waals surface area contributed by atoms with Crippen molar-refractivity contribution in [3.8, 4) is 0 Å². The Balaban J connectivity index is 1.49. The summed E-state index contributed by atoms with van der Waals surface area (Å²) in [4.78, 5) is 16.5. The third-order valence-corrected chi connectivity index (χ3v) is 4.70. The van der Waals surface area contributed by atoms with Crippen LogP contribution in [-0.4, -0.2) is 62.6 Å². The van der Waals surface area contributed by atoms with Crippen LogP contribution in [-0.2, 0) is 24.3 Å². The van der Waals surface area contributed by atoms with Gasteiger partial charge in [0.05, 0.1) is 0 Å². The van der Waals surface area contributed by atoms with Gasteiger partial charge in [0.2, 0.25) is 5.91 Å². The van der Waals surface area contributed by atoms with Gasteiger partial charge in [-0.2, -0.15) is 0 Å². The van der Waals surface area contributed by atoms with Gasteiger partial charge in [0.25, 0.3) is 0 Å². The van der Waals surface area contributed by atoms with Crippen LogP contribution in [0.25, 0.3) is 0 Å². The summed E-state index contributed by atoms with van der Waals surface area (Å²) < 4.78 is 1.65. The maximum atomic E-state index is 12.3. The van der Waals surface area contributed by atoms with Crippen LogP contribution in [0.1, 0.15) is 24.0 Å². The van der Waals surface area contributed by atoms with Crippen molar-refractivity contribution in [3.05, 3.63) is 41.7 Å². The number of aromatic nitrogens is 4. The molecule has 3 rings (SSSR count). The highest BCUT2D eigenvalue weighted by atomic mass is 16.2. The zero-order chi connectivity index (χ0) is 16.9. The van der Waals surface area contributed by atoms with Gasteiger partial charge in [0, 0.05) is 39.1 Å². The van der Waals surface area contributed by atoms with Gasteiger partial charge in [-0.3, -0.25) is 9.69 Å². The lowest BCUT2D eigenvalue weighted by Gasteiger charge is -2.36. The fourth-order valence-electron chi connectivity index (χ4n) is 3.21. The molecule has 2 aromatic rings. The number of tetrazole rings is 1. The molecule has 2 heterocycles. The van der Waals surface area contributed by atoms with Crippen molar-refractivity contribution in [1.82, 2.24) is 30.0 Å². The number of hydrogen-bond acceptors (Lipinski definition) is 5. The van der Waals surface area contributed by atoms with Gasteiger partial charge >= 0.3 is 0 Å². The van der Waals surface area contributed by atoms with Gasteiger partial charge in [-0.1, -0.05) is 24.3 Å². The van der Waals surface area contributed by atoms with E-state index >= 15 is 0 Å². The number of amides is 1. The normalized spacial score (nSPS) is 17.5. The lowest BCUT2D eigenvalue weighted by Crippen LogP contribution is -2.46. The van der Waals surface area contributed by atoms with E-state index in [-0.39, 0.29) is 5.91 Å². The van der Waals surface area contributed by atoms with E-state index in [1.54, 1.807) is 11.0 Å². The Morgan fingerprint density at radius 2 is 2.12 bits per heavy atom. The summed E-state index contributed by atoms with van der Waals surface area (Å²) in [7, 11) is 4.03. The summed E-state index contributed by atoms with van der Waals surface area (Å²) >= 11 is 0. The van der Waals surface area contributed by atoms with Crippen molar-refractivity contribution in [2.45, 2.75) is 38.4 Å².